The molecule has 1 fully saturated rings. The topological polar surface area (TPSA) is 78.4 Å². The van der Waals surface area contributed by atoms with Crippen LogP contribution in [0.15, 0.2) is 0 Å². The molecule has 0 saturated carbocycles. The van der Waals surface area contributed by atoms with Gasteiger partial charge in [-0.3, -0.25) is 5.32 Å². The van der Waals surface area contributed by atoms with Crippen molar-refractivity contribution in [1.82, 2.24) is 15.1 Å². The summed E-state index contributed by atoms with van der Waals surface area (Å²) in [6.45, 7) is 0.434. The number of nitrogens with zero attached hydrogens (tertiary/aromatic N) is 3. The predicted molar refractivity (Wildman–Crippen MR) is 60.7 cm³/mol. The maximum absolute atomic E-state index is 12.3. The molecule has 9 heteroatoms. The van der Waals surface area contributed by atoms with Crippen LogP contribution in [0, 0.1) is 0 Å². The molecular weight excluding hydrogens is 266 g/mol. The van der Waals surface area contributed by atoms with Crippen molar-refractivity contribution in [2.45, 2.75) is 25.3 Å². The molecule has 18 heavy (non-hydrogen) atoms. The van der Waals surface area contributed by atoms with Gasteiger partial charge in [0.05, 0.1) is 12.6 Å². The molecule has 1 aromatic rings. The Balaban J connectivity index is 1.98. The van der Waals surface area contributed by atoms with Crippen molar-refractivity contribution in [3.8, 4) is 0 Å². The summed E-state index contributed by atoms with van der Waals surface area (Å²) in [5, 5.41) is 17.8. The van der Waals surface area contributed by atoms with Gasteiger partial charge in [0.2, 0.25) is 5.13 Å². The lowest BCUT2D eigenvalue weighted by molar-refractivity contribution is 0.150. The van der Waals surface area contributed by atoms with Crippen molar-refractivity contribution in [3.63, 3.8) is 0 Å². The summed E-state index contributed by atoms with van der Waals surface area (Å²) in [6.07, 6.45) is -1.13. The molecule has 1 aliphatic heterocycles. The van der Waals surface area contributed by atoms with E-state index in [0.717, 1.165) is 12.8 Å². The molecule has 0 bridgehead atoms. The van der Waals surface area contributed by atoms with E-state index in [-0.39, 0.29) is 17.8 Å². The first-order chi connectivity index (χ1) is 8.61. The van der Waals surface area contributed by atoms with E-state index in [4.69, 9.17) is 5.11 Å². The Morgan fingerprint density at radius 1 is 1.61 bits per heavy atom. The number of amides is 2. The van der Waals surface area contributed by atoms with Crippen molar-refractivity contribution in [3.05, 3.63) is 5.01 Å². The van der Waals surface area contributed by atoms with Crippen molar-refractivity contribution in [2.24, 2.45) is 0 Å². The van der Waals surface area contributed by atoms with E-state index >= 15 is 0 Å². The van der Waals surface area contributed by atoms with E-state index < -0.39 is 17.5 Å². The average Bonchev–Trinajstić information content (AvgIpc) is 2.96. The predicted octanol–water partition coefficient (Wildman–Crippen LogP) is 1.46. The van der Waals surface area contributed by atoms with Crippen LogP contribution >= 0.6 is 11.3 Å². The third-order valence-electron chi connectivity index (χ3n) is 2.69. The summed E-state index contributed by atoms with van der Waals surface area (Å²) in [6, 6.07) is -0.656. The molecule has 6 nitrogen and oxygen atoms in total. The average molecular weight is 278 g/mol. The molecule has 2 amide bonds. The summed E-state index contributed by atoms with van der Waals surface area (Å²) in [5.74, 6) is 0. The molecule has 0 unspecified atom stereocenters. The third kappa shape index (κ3) is 2.72. The summed E-state index contributed by atoms with van der Waals surface area (Å²) in [4.78, 5) is 13.3. The van der Waals surface area contributed by atoms with Gasteiger partial charge >= 0.3 is 6.03 Å². The van der Waals surface area contributed by atoms with Crippen LogP contribution in [0.25, 0.3) is 0 Å². The van der Waals surface area contributed by atoms with Gasteiger partial charge in [0.1, 0.15) is 0 Å². The van der Waals surface area contributed by atoms with Gasteiger partial charge < -0.3 is 10.0 Å². The van der Waals surface area contributed by atoms with Gasteiger partial charge in [-0.25, -0.2) is 13.6 Å². The summed E-state index contributed by atoms with van der Waals surface area (Å²) >= 11 is 0.644. The molecule has 0 radical (unpaired) electrons. The van der Waals surface area contributed by atoms with Gasteiger partial charge in [-0.2, -0.15) is 0 Å². The number of nitrogens with one attached hydrogen (secondary N) is 1. The first-order valence-electron chi connectivity index (χ1n) is 5.42. The van der Waals surface area contributed by atoms with E-state index in [1.165, 1.54) is 4.90 Å². The first-order valence-corrected chi connectivity index (χ1v) is 6.23. The van der Waals surface area contributed by atoms with E-state index in [9.17, 15) is 13.6 Å². The van der Waals surface area contributed by atoms with Gasteiger partial charge in [0, 0.05) is 6.54 Å². The zero-order chi connectivity index (χ0) is 13.1. The molecular formula is C9H12F2N4O2S. The molecule has 1 aliphatic rings. The SMILES string of the molecule is O=C(Nc1nnc(C(F)F)s1)N1CCC[C@H]1CO. The minimum atomic E-state index is -2.69. The van der Waals surface area contributed by atoms with Gasteiger partial charge in [-0.1, -0.05) is 11.3 Å². The highest BCUT2D eigenvalue weighted by molar-refractivity contribution is 7.15. The highest BCUT2D eigenvalue weighted by atomic mass is 32.1. The lowest BCUT2D eigenvalue weighted by Crippen LogP contribution is -2.40. The van der Waals surface area contributed by atoms with Crippen molar-refractivity contribution >= 4 is 22.5 Å². The molecule has 0 aromatic carbocycles. The van der Waals surface area contributed by atoms with E-state index in [0.29, 0.717) is 17.9 Å². The van der Waals surface area contributed by atoms with Crippen LogP contribution in [0.2, 0.25) is 0 Å². The number of hydrogen-bond donors (Lipinski definition) is 2. The highest BCUT2D eigenvalue weighted by Crippen LogP contribution is 2.26. The molecule has 1 aromatic heterocycles. The van der Waals surface area contributed by atoms with Crippen LogP contribution in [0.4, 0.5) is 18.7 Å². The molecule has 2 N–H and O–H groups in total. The van der Waals surface area contributed by atoms with Crippen LogP contribution in [-0.2, 0) is 0 Å². The Morgan fingerprint density at radius 2 is 2.39 bits per heavy atom. The normalized spacial score (nSPS) is 19.6. The second-order valence-electron chi connectivity index (χ2n) is 3.85. The maximum Gasteiger partial charge on any atom is 0.324 e. The van der Waals surface area contributed by atoms with E-state index in [2.05, 4.69) is 15.5 Å². The zero-order valence-electron chi connectivity index (χ0n) is 9.34. The number of aliphatic hydroxyl groups is 1. The number of hydrogen-bond acceptors (Lipinski definition) is 5. The molecule has 0 aliphatic carbocycles. The quantitative estimate of drug-likeness (QED) is 0.877. The first kappa shape index (κ1) is 13.1. The monoisotopic (exact) mass is 278 g/mol. The van der Waals surface area contributed by atoms with Crippen LogP contribution in [0.1, 0.15) is 24.3 Å². The number of likely N-dealkylation sites (tertiary alicyclic amines) is 1. The Morgan fingerprint density at radius 3 is 3.00 bits per heavy atom. The molecule has 0 spiro atoms. The van der Waals surface area contributed by atoms with Crippen LogP contribution in [0.5, 0.6) is 0 Å². The number of urea groups is 1. The molecule has 2 heterocycles. The van der Waals surface area contributed by atoms with Crippen LogP contribution < -0.4 is 5.32 Å². The number of halogens is 2. The minimum Gasteiger partial charge on any atom is -0.394 e. The summed E-state index contributed by atoms with van der Waals surface area (Å²) in [5.41, 5.74) is 0. The third-order valence-corrected chi connectivity index (χ3v) is 3.54. The summed E-state index contributed by atoms with van der Waals surface area (Å²) in [7, 11) is 0. The van der Waals surface area contributed by atoms with Gasteiger partial charge in [0.25, 0.3) is 6.43 Å². The maximum atomic E-state index is 12.3. The van der Waals surface area contributed by atoms with Gasteiger partial charge in [-0.05, 0) is 12.8 Å². The standard InChI is InChI=1S/C9H12F2N4O2S/c10-6(11)7-13-14-8(18-7)12-9(17)15-3-1-2-5(15)4-16/h5-6,16H,1-4H2,(H,12,14,17)/t5-/m0/s1. The molecule has 100 valence electrons. The Labute approximate surface area is 106 Å². The Kier molecular flexibility index (Phi) is 4.02. The van der Waals surface area contributed by atoms with Crippen molar-refractivity contribution < 1.29 is 18.7 Å². The molecule has 1 saturated heterocycles. The number of carbonyl (C=O) groups is 1. The summed E-state index contributed by atoms with van der Waals surface area (Å²) < 4.78 is 24.6. The number of aromatic nitrogens is 2. The van der Waals surface area contributed by atoms with Gasteiger partial charge in [-0.15, -0.1) is 10.2 Å². The lowest BCUT2D eigenvalue weighted by Gasteiger charge is -2.22. The number of anilines is 1. The zero-order valence-corrected chi connectivity index (χ0v) is 10.2. The van der Waals surface area contributed by atoms with Gasteiger partial charge in [0.15, 0.2) is 5.01 Å². The Hall–Kier alpha value is -1.35. The number of carbonyl (C=O) groups excluding carboxylic acids is 1. The molecule has 1 atom stereocenters. The minimum absolute atomic E-state index is 0.0406. The number of rotatable bonds is 3. The number of aliphatic hydroxyl groups excluding tert-OH is 1. The largest absolute Gasteiger partial charge is 0.394 e. The molecule has 2 rings (SSSR count). The smallest absolute Gasteiger partial charge is 0.324 e. The fourth-order valence-corrected chi connectivity index (χ4v) is 2.42. The van der Waals surface area contributed by atoms with E-state index in [1.807, 2.05) is 0 Å². The van der Waals surface area contributed by atoms with Crippen LogP contribution in [-0.4, -0.2) is 45.4 Å². The fraction of sp³-hybridized carbons (Fsp3) is 0.667. The lowest BCUT2D eigenvalue weighted by atomic mass is 10.2. The van der Waals surface area contributed by atoms with E-state index in [1.54, 1.807) is 0 Å². The Bertz CT molecular complexity index is 428. The highest BCUT2D eigenvalue weighted by Gasteiger charge is 2.28. The second-order valence-corrected chi connectivity index (χ2v) is 4.86. The van der Waals surface area contributed by atoms with Crippen molar-refractivity contribution in [1.29, 1.82) is 0 Å². The van der Waals surface area contributed by atoms with Crippen molar-refractivity contribution in [2.75, 3.05) is 18.5 Å². The van der Waals surface area contributed by atoms with Crippen LogP contribution in [0.3, 0.4) is 0 Å². The second kappa shape index (κ2) is 5.53. The fourth-order valence-electron chi connectivity index (χ4n) is 1.83. The number of alkyl halides is 2.